The molecule has 0 fully saturated rings. The molecule has 0 aliphatic rings. The van der Waals surface area contributed by atoms with E-state index in [2.05, 4.69) is 15.3 Å². The van der Waals surface area contributed by atoms with Crippen LogP contribution in [-0.2, 0) is 0 Å². The number of aromatic nitrogens is 2. The topological polar surface area (TPSA) is 58.0 Å². The lowest BCUT2D eigenvalue weighted by Crippen LogP contribution is -2.31. The van der Waals surface area contributed by atoms with Crippen LogP contribution in [0.3, 0.4) is 0 Å². The maximum atomic E-state index is 12.8. The fraction of sp³-hybridized carbons (Fsp3) is 0.273. The van der Waals surface area contributed by atoms with Crippen molar-refractivity contribution in [2.45, 2.75) is 5.92 Å². The maximum Gasteiger partial charge on any atom is 0.287 e. The van der Waals surface area contributed by atoms with E-state index in [1.165, 1.54) is 6.20 Å². The van der Waals surface area contributed by atoms with Crippen molar-refractivity contribution in [3.63, 3.8) is 0 Å². The highest BCUT2D eigenvalue weighted by Gasteiger charge is 2.27. The number of alkyl halides is 2. The van der Waals surface area contributed by atoms with E-state index in [0.29, 0.717) is 11.0 Å². The van der Waals surface area contributed by atoms with E-state index in [-0.39, 0.29) is 5.82 Å². The summed E-state index contributed by atoms with van der Waals surface area (Å²) in [7, 11) is 0. The largest absolute Gasteiger partial charge is 0.390 e. The van der Waals surface area contributed by atoms with Gasteiger partial charge in [-0.2, -0.15) is 0 Å². The molecule has 90 valence electrons. The molecule has 6 heteroatoms. The van der Waals surface area contributed by atoms with Crippen LogP contribution in [0.1, 0.15) is 0 Å². The van der Waals surface area contributed by atoms with Gasteiger partial charge in [0.2, 0.25) is 0 Å². The number of fused-ring (bicyclic) bond motifs is 1. The van der Waals surface area contributed by atoms with Gasteiger partial charge in [0.15, 0.2) is 0 Å². The number of para-hydroxylation sites is 2. The Bertz CT molecular complexity index is 519. The zero-order valence-corrected chi connectivity index (χ0v) is 8.90. The Balaban J connectivity index is 2.14. The van der Waals surface area contributed by atoms with Gasteiger partial charge in [0, 0.05) is 0 Å². The first-order chi connectivity index (χ1) is 8.11. The molecule has 0 spiro atoms. The monoisotopic (exact) mass is 239 g/mol. The number of hydrogen-bond donors (Lipinski definition) is 2. The van der Waals surface area contributed by atoms with Crippen LogP contribution in [0.15, 0.2) is 30.5 Å². The van der Waals surface area contributed by atoms with Gasteiger partial charge in [-0.25, -0.2) is 13.8 Å². The van der Waals surface area contributed by atoms with Gasteiger partial charge in [0.05, 0.1) is 23.8 Å². The summed E-state index contributed by atoms with van der Waals surface area (Å²) in [6.45, 7) is -1.86. The van der Waals surface area contributed by atoms with Crippen LogP contribution < -0.4 is 5.32 Å². The molecule has 1 heterocycles. The summed E-state index contributed by atoms with van der Waals surface area (Å²) in [5, 5.41) is 10.9. The summed E-state index contributed by atoms with van der Waals surface area (Å²) in [6.07, 6.45) is 1.38. The predicted molar refractivity (Wildman–Crippen MR) is 60.1 cm³/mol. The molecule has 0 aliphatic heterocycles. The molecule has 2 aromatic rings. The molecule has 1 aromatic carbocycles. The molecular formula is C11H11F2N3O. The Morgan fingerprint density at radius 2 is 1.94 bits per heavy atom. The minimum atomic E-state index is -3.16. The number of nitrogens with one attached hydrogen (secondary N) is 1. The fourth-order valence-corrected chi connectivity index (χ4v) is 1.32. The van der Waals surface area contributed by atoms with Crippen molar-refractivity contribution < 1.29 is 13.9 Å². The third kappa shape index (κ3) is 2.85. The Hall–Kier alpha value is -1.82. The van der Waals surface area contributed by atoms with Gasteiger partial charge in [-0.05, 0) is 12.1 Å². The van der Waals surface area contributed by atoms with Crippen molar-refractivity contribution in [2.24, 2.45) is 0 Å². The van der Waals surface area contributed by atoms with Gasteiger partial charge in [-0.1, -0.05) is 12.1 Å². The fourth-order valence-electron chi connectivity index (χ4n) is 1.32. The predicted octanol–water partition coefficient (Wildman–Crippen LogP) is 1.67. The molecule has 0 saturated heterocycles. The summed E-state index contributed by atoms with van der Waals surface area (Å²) >= 11 is 0. The molecule has 0 saturated carbocycles. The molecule has 0 bridgehead atoms. The zero-order valence-electron chi connectivity index (χ0n) is 8.90. The van der Waals surface area contributed by atoms with E-state index in [0.717, 1.165) is 0 Å². The second-order valence-corrected chi connectivity index (χ2v) is 3.61. The van der Waals surface area contributed by atoms with Crippen LogP contribution in [-0.4, -0.2) is 34.1 Å². The molecule has 0 aliphatic carbocycles. The highest BCUT2D eigenvalue weighted by molar-refractivity contribution is 5.75. The number of aliphatic hydroxyl groups excluding tert-OH is 1. The third-order valence-corrected chi connectivity index (χ3v) is 2.21. The number of nitrogens with zero attached hydrogens (tertiary/aromatic N) is 2. The second-order valence-electron chi connectivity index (χ2n) is 3.61. The quantitative estimate of drug-likeness (QED) is 0.852. The van der Waals surface area contributed by atoms with Crippen LogP contribution in [0.4, 0.5) is 14.6 Å². The van der Waals surface area contributed by atoms with Crippen LogP contribution >= 0.6 is 0 Å². The molecule has 2 N–H and O–H groups in total. The van der Waals surface area contributed by atoms with Crippen LogP contribution in [0, 0.1) is 0 Å². The maximum absolute atomic E-state index is 12.8. The number of rotatable bonds is 4. The average Bonchev–Trinajstić information content (AvgIpc) is 2.36. The summed E-state index contributed by atoms with van der Waals surface area (Å²) in [6, 6.07) is 7.15. The van der Waals surface area contributed by atoms with Gasteiger partial charge < -0.3 is 10.4 Å². The van der Waals surface area contributed by atoms with Gasteiger partial charge in [0.25, 0.3) is 5.92 Å². The van der Waals surface area contributed by atoms with Gasteiger partial charge >= 0.3 is 0 Å². The molecular weight excluding hydrogens is 228 g/mol. The normalized spacial score (nSPS) is 11.7. The standard InChI is InChI=1S/C11H11F2N3O/c12-11(13,7-17)6-15-10-5-14-8-3-1-2-4-9(8)16-10/h1-5,17H,6-7H2,(H,15,16). The Morgan fingerprint density at radius 1 is 1.24 bits per heavy atom. The van der Waals surface area contributed by atoms with E-state index in [1.807, 2.05) is 6.07 Å². The van der Waals surface area contributed by atoms with E-state index in [1.54, 1.807) is 18.2 Å². The molecule has 4 nitrogen and oxygen atoms in total. The summed E-state index contributed by atoms with van der Waals surface area (Å²) in [4.78, 5) is 8.20. The zero-order chi connectivity index (χ0) is 12.3. The highest BCUT2D eigenvalue weighted by atomic mass is 19.3. The number of benzene rings is 1. The average molecular weight is 239 g/mol. The van der Waals surface area contributed by atoms with Crippen LogP contribution in [0.5, 0.6) is 0 Å². The van der Waals surface area contributed by atoms with Crippen LogP contribution in [0.2, 0.25) is 0 Å². The van der Waals surface area contributed by atoms with E-state index in [4.69, 9.17) is 5.11 Å². The number of hydrogen-bond acceptors (Lipinski definition) is 4. The molecule has 0 atom stereocenters. The molecule has 0 radical (unpaired) electrons. The van der Waals surface area contributed by atoms with Crippen molar-refractivity contribution in [1.29, 1.82) is 0 Å². The van der Waals surface area contributed by atoms with Gasteiger partial charge in [-0.3, -0.25) is 4.98 Å². The van der Waals surface area contributed by atoms with Crippen molar-refractivity contribution in [2.75, 3.05) is 18.5 Å². The minimum absolute atomic E-state index is 0.261. The van der Waals surface area contributed by atoms with Crippen molar-refractivity contribution in [1.82, 2.24) is 9.97 Å². The number of aliphatic hydroxyl groups is 1. The van der Waals surface area contributed by atoms with Gasteiger partial charge in [0.1, 0.15) is 12.4 Å². The Kier molecular flexibility index (Phi) is 3.14. The number of anilines is 1. The smallest absolute Gasteiger partial charge is 0.287 e. The lowest BCUT2D eigenvalue weighted by Gasteiger charge is -2.14. The number of halogens is 2. The highest BCUT2D eigenvalue weighted by Crippen LogP contribution is 2.15. The lowest BCUT2D eigenvalue weighted by atomic mass is 10.3. The first-order valence-electron chi connectivity index (χ1n) is 5.05. The molecule has 17 heavy (non-hydrogen) atoms. The molecule has 1 aromatic heterocycles. The van der Waals surface area contributed by atoms with E-state index >= 15 is 0 Å². The summed E-state index contributed by atoms with van der Waals surface area (Å²) in [5.74, 6) is -2.90. The summed E-state index contributed by atoms with van der Waals surface area (Å²) < 4.78 is 25.6. The lowest BCUT2D eigenvalue weighted by molar-refractivity contribution is -0.0373. The SMILES string of the molecule is OCC(F)(F)CNc1cnc2ccccc2n1. The Labute approximate surface area is 96.3 Å². The second kappa shape index (κ2) is 4.58. The molecule has 0 amide bonds. The summed E-state index contributed by atoms with van der Waals surface area (Å²) in [5.41, 5.74) is 1.33. The minimum Gasteiger partial charge on any atom is -0.390 e. The molecule has 0 unspecified atom stereocenters. The van der Waals surface area contributed by atoms with E-state index < -0.39 is 19.1 Å². The van der Waals surface area contributed by atoms with Gasteiger partial charge in [-0.15, -0.1) is 0 Å². The van der Waals surface area contributed by atoms with Crippen molar-refractivity contribution >= 4 is 16.9 Å². The first-order valence-corrected chi connectivity index (χ1v) is 5.05. The third-order valence-electron chi connectivity index (χ3n) is 2.21. The molecule has 2 rings (SSSR count). The van der Waals surface area contributed by atoms with Crippen LogP contribution in [0.25, 0.3) is 11.0 Å². The van der Waals surface area contributed by atoms with E-state index in [9.17, 15) is 8.78 Å². The Morgan fingerprint density at radius 3 is 2.65 bits per heavy atom. The van der Waals surface area contributed by atoms with Crippen molar-refractivity contribution in [3.05, 3.63) is 30.5 Å². The van der Waals surface area contributed by atoms with Crippen molar-refractivity contribution in [3.8, 4) is 0 Å². The first kappa shape index (κ1) is 11.7.